The van der Waals surface area contributed by atoms with Crippen LogP contribution in [-0.4, -0.2) is 50.9 Å². The number of methoxy groups -OCH3 is 1. The maximum absolute atomic E-state index is 14.6. The molecule has 2 atom stereocenters. The van der Waals surface area contributed by atoms with E-state index in [0.29, 0.717) is 22.3 Å². The van der Waals surface area contributed by atoms with Crippen LogP contribution in [0.2, 0.25) is 0 Å². The largest absolute Gasteiger partial charge is 0.496 e. The van der Waals surface area contributed by atoms with Crippen LogP contribution < -0.4 is 14.4 Å². The summed E-state index contributed by atoms with van der Waals surface area (Å²) in [6.45, 7) is 5.34. The lowest BCUT2D eigenvalue weighted by molar-refractivity contribution is -0.140. The van der Waals surface area contributed by atoms with Crippen molar-refractivity contribution in [1.82, 2.24) is 10.2 Å². The van der Waals surface area contributed by atoms with Crippen molar-refractivity contribution in [3.05, 3.63) is 123 Å². The molecule has 0 saturated carbocycles. The van der Waals surface area contributed by atoms with Gasteiger partial charge in [-0.25, -0.2) is 8.42 Å². The van der Waals surface area contributed by atoms with Gasteiger partial charge in [-0.2, -0.15) is 0 Å². The lowest BCUT2D eigenvalue weighted by Gasteiger charge is -2.34. The molecule has 47 heavy (non-hydrogen) atoms. The molecule has 4 aromatic carbocycles. The molecule has 248 valence electrons. The number of hydrogen-bond acceptors (Lipinski definition) is 5. The summed E-state index contributed by atoms with van der Waals surface area (Å²) in [6, 6.07) is 27.3. The molecule has 8 nitrogen and oxygen atoms in total. The molecule has 0 spiro atoms. The van der Waals surface area contributed by atoms with Crippen LogP contribution in [-0.2, 0) is 32.6 Å². The monoisotopic (exact) mass is 783 g/mol. The average Bonchev–Trinajstić information content (AvgIpc) is 3.05. The fraction of sp³-hybridized carbons (Fsp3) is 0.278. The van der Waals surface area contributed by atoms with Crippen molar-refractivity contribution in [3.8, 4) is 5.75 Å². The Kier molecular flexibility index (Phi) is 12.6. The first-order chi connectivity index (χ1) is 22.4. The molecular weight excluding hydrogens is 746 g/mol. The lowest BCUT2D eigenvalue weighted by atomic mass is 10.0. The van der Waals surface area contributed by atoms with E-state index in [-0.39, 0.29) is 29.8 Å². The second-order valence-electron chi connectivity index (χ2n) is 11.3. The molecule has 4 rings (SSSR count). The summed E-state index contributed by atoms with van der Waals surface area (Å²) in [5.41, 5.74) is 2.91. The van der Waals surface area contributed by atoms with Crippen LogP contribution in [0, 0.1) is 6.92 Å². The number of hydrogen-bond donors (Lipinski definition) is 1. The molecule has 0 unspecified atom stereocenters. The molecule has 0 bridgehead atoms. The molecule has 11 heteroatoms. The Morgan fingerprint density at radius 1 is 0.894 bits per heavy atom. The second kappa shape index (κ2) is 16.4. The third-order valence-corrected chi connectivity index (χ3v) is 10.7. The number of benzene rings is 4. The normalized spacial score (nSPS) is 12.6. The third-order valence-electron chi connectivity index (χ3n) is 7.83. The van der Waals surface area contributed by atoms with Crippen LogP contribution in [0.25, 0.3) is 0 Å². The summed E-state index contributed by atoms with van der Waals surface area (Å²) < 4.78 is 36.3. The van der Waals surface area contributed by atoms with Gasteiger partial charge >= 0.3 is 0 Å². The van der Waals surface area contributed by atoms with Gasteiger partial charge in [-0.15, -0.1) is 0 Å². The van der Waals surface area contributed by atoms with E-state index in [0.717, 1.165) is 25.5 Å². The zero-order valence-corrected chi connectivity index (χ0v) is 30.8. The lowest BCUT2D eigenvalue weighted by Crippen LogP contribution is -2.54. The van der Waals surface area contributed by atoms with Crippen LogP contribution in [0.4, 0.5) is 5.69 Å². The minimum absolute atomic E-state index is 0.0209. The quantitative estimate of drug-likeness (QED) is 0.145. The SMILES string of the molecule is CC[C@H](C)NC(=O)[C@@H](Cc1ccccc1)N(Cc1cccc(Br)c1)C(=O)CN(c1ccc(C)cc1)S(=O)(=O)c1ccc(OC)c(Br)c1. The predicted molar refractivity (Wildman–Crippen MR) is 193 cm³/mol. The Morgan fingerprint density at radius 3 is 2.19 bits per heavy atom. The van der Waals surface area contributed by atoms with Gasteiger partial charge in [-0.1, -0.05) is 83.0 Å². The van der Waals surface area contributed by atoms with Crippen LogP contribution in [0.1, 0.15) is 37.0 Å². The number of amides is 2. The summed E-state index contributed by atoms with van der Waals surface area (Å²) >= 11 is 6.90. The Balaban J connectivity index is 1.82. The second-order valence-corrected chi connectivity index (χ2v) is 15.0. The number of aryl methyl sites for hydroxylation is 1. The predicted octanol–water partition coefficient (Wildman–Crippen LogP) is 7.28. The van der Waals surface area contributed by atoms with Crippen LogP contribution in [0.15, 0.2) is 111 Å². The van der Waals surface area contributed by atoms with Crippen molar-refractivity contribution in [3.63, 3.8) is 0 Å². The smallest absolute Gasteiger partial charge is 0.264 e. The number of nitrogens with one attached hydrogen (secondary N) is 1. The zero-order valence-electron chi connectivity index (χ0n) is 26.8. The molecule has 1 N–H and O–H groups in total. The van der Waals surface area contributed by atoms with Crippen molar-refractivity contribution < 1.29 is 22.7 Å². The third kappa shape index (κ3) is 9.46. The van der Waals surface area contributed by atoms with Crippen LogP contribution >= 0.6 is 31.9 Å². The fourth-order valence-corrected chi connectivity index (χ4v) is 7.58. The number of nitrogens with zero attached hydrogens (tertiary/aromatic N) is 2. The van der Waals surface area contributed by atoms with Gasteiger partial charge in [-0.05, 0) is 89.8 Å². The summed E-state index contributed by atoms with van der Waals surface area (Å²) in [6.07, 6.45) is 0.950. The van der Waals surface area contributed by atoms with Gasteiger partial charge < -0.3 is 15.0 Å². The van der Waals surface area contributed by atoms with Gasteiger partial charge in [0.15, 0.2) is 0 Å². The highest BCUT2D eigenvalue weighted by atomic mass is 79.9. The Labute approximate surface area is 294 Å². The number of rotatable bonds is 14. The zero-order chi connectivity index (χ0) is 34.1. The summed E-state index contributed by atoms with van der Waals surface area (Å²) in [7, 11) is -2.76. The Hall–Kier alpha value is -3.67. The standard InChI is InChI=1S/C36H39Br2N3O5S/c1-5-26(3)39-36(43)33(21-27-10-7-6-8-11-27)40(23-28-12-9-13-29(37)20-28)35(42)24-41(30-16-14-25(2)15-17-30)47(44,45)31-18-19-34(46-4)32(38)22-31/h6-20,22,26,33H,5,21,23-24H2,1-4H3,(H,39,43)/t26-,33+/m0/s1. The number of carbonyl (C=O) groups excluding carboxylic acids is 2. The van der Waals surface area contributed by atoms with Gasteiger partial charge in [0.05, 0.1) is 22.2 Å². The van der Waals surface area contributed by atoms with E-state index in [2.05, 4.69) is 37.2 Å². The van der Waals surface area contributed by atoms with Gasteiger partial charge in [-0.3, -0.25) is 13.9 Å². The molecular formula is C36H39Br2N3O5S. The van der Waals surface area contributed by atoms with Gasteiger partial charge in [0.1, 0.15) is 18.3 Å². The molecule has 2 amide bonds. The van der Waals surface area contributed by atoms with Crippen molar-refractivity contribution in [1.29, 1.82) is 0 Å². The van der Waals surface area contributed by atoms with Gasteiger partial charge in [0.2, 0.25) is 11.8 Å². The Morgan fingerprint density at radius 2 is 1.57 bits per heavy atom. The van der Waals surface area contributed by atoms with E-state index in [1.54, 1.807) is 30.3 Å². The van der Waals surface area contributed by atoms with E-state index in [1.165, 1.54) is 24.1 Å². The molecule has 0 aliphatic heterocycles. The molecule has 0 heterocycles. The molecule has 0 fully saturated rings. The molecule has 0 aromatic heterocycles. The van der Waals surface area contributed by atoms with Gasteiger partial charge in [0.25, 0.3) is 10.0 Å². The van der Waals surface area contributed by atoms with E-state index >= 15 is 0 Å². The number of anilines is 1. The molecule has 4 aromatic rings. The van der Waals surface area contributed by atoms with Crippen molar-refractivity contribution >= 4 is 59.4 Å². The Bertz CT molecular complexity index is 1790. The topological polar surface area (TPSA) is 96.0 Å². The first-order valence-electron chi connectivity index (χ1n) is 15.2. The highest BCUT2D eigenvalue weighted by Gasteiger charge is 2.35. The van der Waals surface area contributed by atoms with E-state index in [4.69, 9.17) is 4.74 Å². The van der Waals surface area contributed by atoms with Crippen molar-refractivity contribution in [2.45, 2.75) is 57.1 Å². The first kappa shape index (κ1) is 36.2. The van der Waals surface area contributed by atoms with Crippen molar-refractivity contribution in [2.75, 3.05) is 18.0 Å². The molecule has 0 aliphatic rings. The molecule has 0 radical (unpaired) electrons. The van der Waals surface area contributed by atoms with Crippen LogP contribution in [0.3, 0.4) is 0 Å². The van der Waals surface area contributed by atoms with Crippen molar-refractivity contribution in [2.24, 2.45) is 0 Å². The van der Waals surface area contributed by atoms with Crippen LogP contribution in [0.5, 0.6) is 5.75 Å². The fourth-order valence-electron chi connectivity index (χ4n) is 5.00. The number of ether oxygens (including phenoxy) is 1. The number of halogens is 2. The molecule has 0 aliphatic carbocycles. The first-order valence-corrected chi connectivity index (χ1v) is 18.3. The highest BCUT2D eigenvalue weighted by molar-refractivity contribution is 9.10. The summed E-state index contributed by atoms with van der Waals surface area (Å²) in [5, 5.41) is 3.06. The maximum atomic E-state index is 14.6. The number of sulfonamides is 1. The van der Waals surface area contributed by atoms with E-state index in [9.17, 15) is 18.0 Å². The highest BCUT2D eigenvalue weighted by Crippen LogP contribution is 2.31. The summed E-state index contributed by atoms with van der Waals surface area (Å²) in [4.78, 5) is 30.1. The molecule has 0 saturated heterocycles. The van der Waals surface area contributed by atoms with Gasteiger partial charge in [0, 0.05) is 23.5 Å². The number of carbonyl (C=O) groups is 2. The summed E-state index contributed by atoms with van der Waals surface area (Å²) in [5.74, 6) is -0.365. The maximum Gasteiger partial charge on any atom is 0.264 e. The average molecular weight is 786 g/mol. The minimum Gasteiger partial charge on any atom is -0.496 e. The van der Waals surface area contributed by atoms with E-state index < -0.39 is 28.5 Å². The van der Waals surface area contributed by atoms with E-state index in [1.807, 2.05) is 75.4 Å². The minimum atomic E-state index is -4.26.